The third kappa shape index (κ3) is 4.55. The minimum Gasteiger partial charge on any atom is -0.367 e. The molecule has 3 rings (SSSR count). The third-order valence-electron chi connectivity index (χ3n) is 4.51. The van der Waals surface area contributed by atoms with Crippen LogP contribution >= 0.6 is 0 Å². The highest BCUT2D eigenvalue weighted by Crippen LogP contribution is 2.34. The van der Waals surface area contributed by atoms with Crippen molar-refractivity contribution in [1.82, 2.24) is 24.6 Å². The van der Waals surface area contributed by atoms with Crippen LogP contribution in [-0.2, 0) is 6.54 Å². The summed E-state index contributed by atoms with van der Waals surface area (Å²) in [6.45, 7) is 4.54. The molecular formula is C18H26F2N6. The maximum Gasteiger partial charge on any atom is 0.253 e. The van der Waals surface area contributed by atoms with E-state index in [1.807, 2.05) is 45.0 Å². The maximum atomic E-state index is 13.4. The van der Waals surface area contributed by atoms with Gasteiger partial charge in [0.1, 0.15) is 5.82 Å². The van der Waals surface area contributed by atoms with Crippen LogP contribution in [0.15, 0.2) is 12.1 Å². The molecule has 0 unspecified atom stereocenters. The van der Waals surface area contributed by atoms with Gasteiger partial charge in [0.25, 0.3) is 5.95 Å². The molecule has 2 heterocycles. The monoisotopic (exact) mass is 364 g/mol. The molecule has 1 aliphatic rings. The molecule has 2 aromatic heterocycles. The minimum atomic E-state index is -2.53. The highest BCUT2D eigenvalue weighted by atomic mass is 19.3. The van der Waals surface area contributed by atoms with E-state index in [4.69, 9.17) is 0 Å². The molecule has 1 fully saturated rings. The Morgan fingerprint density at radius 1 is 1.19 bits per heavy atom. The van der Waals surface area contributed by atoms with Gasteiger partial charge in [0.05, 0.1) is 11.4 Å². The standard InChI is InChI=1S/C18H26F2N6/c1-12-9-13(2)26(24-12)17-22-15(11-25(3)4)10-16(23-17)21-14-5-7-18(19,20)8-6-14/h9-10,14H,5-8,11H2,1-4H3,(H,21,22,23). The first kappa shape index (κ1) is 18.7. The van der Waals surface area contributed by atoms with Crippen LogP contribution in [0, 0.1) is 13.8 Å². The van der Waals surface area contributed by atoms with Gasteiger partial charge in [0.15, 0.2) is 0 Å². The molecule has 0 bridgehead atoms. The average Bonchev–Trinajstić information content (AvgIpc) is 2.87. The highest BCUT2D eigenvalue weighted by molar-refractivity contribution is 5.40. The van der Waals surface area contributed by atoms with E-state index < -0.39 is 5.92 Å². The SMILES string of the molecule is Cc1cc(C)n(-c2nc(CN(C)C)cc(NC3CCC(F)(F)CC3)n2)n1. The van der Waals surface area contributed by atoms with Gasteiger partial charge in [0.2, 0.25) is 5.92 Å². The molecule has 0 amide bonds. The summed E-state index contributed by atoms with van der Waals surface area (Å²) >= 11 is 0. The van der Waals surface area contributed by atoms with Crippen LogP contribution in [-0.4, -0.2) is 50.7 Å². The van der Waals surface area contributed by atoms with Crippen LogP contribution in [0.4, 0.5) is 14.6 Å². The Kier molecular flexibility index (Phi) is 5.22. The van der Waals surface area contributed by atoms with Gasteiger partial charge < -0.3 is 10.2 Å². The molecule has 1 saturated carbocycles. The number of aryl methyl sites for hydroxylation is 2. The van der Waals surface area contributed by atoms with Gasteiger partial charge in [-0.15, -0.1) is 0 Å². The van der Waals surface area contributed by atoms with Crippen molar-refractivity contribution in [2.24, 2.45) is 0 Å². The van der Waals surface area contributed by atoms with Crippen molar-refractivity contribution in [1.29, 1.82) is 0 Å². The Bertz CT molecular complexity index is 761. The summed E-state index contributed by atoms with van der Waals surface area (Å²) in [5.74, 6) is -1.37. The maximum absolute atomic E-state index is 13.4. The van der Waals surface area contributed by atoms with E-state index in [-0.39, 0.29) is 18.9 Å². The number of rotatable bonds is 5. The second-order valence-electron chi connectivity index (χ2n) is 7.40. The van der Waals surface area contributed by atoms with Crippen molar-refractivity contribution in [3.8, 4) is 5.95 Å². The lowest BCUT2D eigenvalue weighted by Crippen LogP contribution is -2.32. The van der Waals surface area contributed by atoms with Crippen molar-refractivity contribution in [3.05, 3.63) is 29.2 Å². The highest BCUT2D eigenvalue weighted by Gasteiger charge is 2.35. The lowest BCUT2D eigenvalue weighted by molar-refractivity contribution is -0.0361. The van der Waals surface area contributed by atoms with Crippen molar-refractivity contribution in [3.63, 3.8) is 0 Å². The van der Waals surface area contributed by atoms with Gasteiger partial charge in [-0.05, 0) is 46.9 Å². The minimum absolute atomic E-state index is 0.00466. The number of nitrogens with one attached hydrogen (secondary N) is 1. The van der Waals surface area contributed by atoms with Crippen molar-refractivity contribution in [2.75, 3.05) is 19.4 Å². The first-order valence-electron chi connectivity index (χ1n) is 8.92. The molecular weight excluding hydrogens is 338 g/mol. The molecule has 0 spiro atoms. The summed E-state index contributed by atoms with van der Waals surface area (Å²) in [6, 6.07) is 3.87. The number of hydrogen-bond donors (Lipinski definition) is 1. The van der Waals surface area contributed by atoms with E-state index in [0.29, 0.717) is 31.2 Å². The fourth-order valence-corrected chi connectivity index (χ4v) is 3.28. The summed E-state index contributed by atoms with van der Waals surface area (Å²) in [4.78, 5) is 11.2. The summed E-state index contributed by atoms with van der Waals surface area (Å²) in [6.07, 6.45) is 0.722. The molecule has 142 valence electrons. The number of hydrogen-bond acceptors (Lipinski definition) is 5. The van der Waals surface area contributed by atoms with E-state index in [0.717, 1.165) is 17.1 Å². The van der Waals surface area contributed by atoms with Gasteiger partial charge in [-0.25, -0.2) is 18.4 Å². The van der Waals surface area contributed by atoms with Crippen molar-refractivity contribution < 1.29 is 8.78 Å². The number of anilines is 1. The summed E-state index contributed by atoms with van der Waals surface area (Å²) < 4.78 is 28.5. The summed E-state index contributed by atoms with van der Waals surface area (Å²) in [7, 11) is 3.95. The van der Waals surface area contributed by atoms with Crippen LogP contribution in [0.25, 0.3) is 5.95 Å². The Labute approximate surface area is 152 Å². The predicted octanol–water partition coefficient (Wildman–Crippen LogP) is 3.33. The molecule has 6 nitrogen and oxygen atoms in total. The molecule has 2 aromatic rings. The lowest BCUT2D eigenvalue weighted by atomic mass is 9.92. The molecule has 1 aliphatic carbocycles. The van der Waals surface area contributed by atoms with Gasteiger partial charge in [-0.1, -0.05) is 0 Å². The fraction of sp³-hybridized carbons (Fsp3) is 0.611. The largest absolute Gasteiger partial charge is 0.367 e. The Hall–Kier alpha value is -2.09. The molecule has 26 heavy (non-hydrogen) atoms. The molecule has 0 saturated heterocycles. The van der Waals surface area contributed by atoms with E-state index in [1.54, 1.807) is 4.68 Å². The second-order valence-corrected chi connectivity index (χ2v) is 7.40. The van der Waals surface area contributed by atoms with Crippen molar-refractivity contribution in [2.45, 2.75) is 58.0 Å². The number of halogens is 2. The normalized spacial score (nSPS) is 17.7. The molecule has 1 N–H and O–H groups in total. The Morgan fingerprint density at radius 2 is 1.88 bits per heavy atom. The molecule has 0 aliphatic heterocycles. The molecule has 8 heteroatoms. The summed E-state index contributed by atoms with van der Waals surface area (Å²) in [5.41, 5.74) is 2.71. The molecule has 0 atom stereocenters. The van der Waals surface area contributed by atoms with Crippen LogP contribution in [0.5, 0.6) is 0 Å². The lowest BCUT2D eigenvalue weighted by Gasteiger charge is -2.29. The van der Waals surface area contributed by atoms with Gasteiger partial charge in [-0.2, -0.15) is 10.1 Å². The fourth-order valence-electron chi connectivity index (χ4n) is 3.28. The van der Waals surface area contributed by atoms with Crippen LogP contribution in [0.3, 0.4) is 0 Å². The number of alkyl halides is 2. The van der Waals surface area contributed by atoms with E-state index in [2.05, 4.69) is 20.4 Å². The zero-order chi connectivity index (χ0) is 18.9. The van der Waals surface area contributed by atoms with E-state index in [9.17, 15) is 8.78 Å². The molecule has 0 radical (unpaired) electrons. The Morgan fingerprint density at radius 3 is 2.46 bits per heavy atom. The summed E-state index contributed by atoms with van der Waals surface area (Å²) in [5, 5.41) is 7.78. The van der Waals surface area contributed by atoms with Gasteiger partial charge >= 0.3 is 0 Å². The number of nitrogens with zero attached hydrogens (tertiary/aromatic N) is 5. The first-order chi connectivity index (χ1) is 12.2. The average molecular weight is 364 g/mol. The van der Waals surface area contributed by atoms with Gasteiger partial charge in [-0.3, -0.25) is 0 Å². The number of aromatic nitrogens is 4. The topological polar surface area (TPSA) is 58.9 Å². The quantitative estimate of drug-likeness (QED) is 0.882. The third-order valence-corrected chi connectivity index (χ3v) is 4.51. The second kappa shape index (κ2) is 7.26. The predicted molar refractivity (Wildman–Crippen MR) is 96.8 cm³/mol. The van der Waals surface area contributed by atoms with Crippen LogP contribution in [0.1, 0.15) is 42.8 Å². The van der Waals surface area contributed by atoms with Gasteiger partial charge in [0, 0.05) is 37.2 Å². The zero-order valence-corrected chi connectivity index (χ0v) is 15.8. The first-order valence-corrected chi connectivity index (χ1v) is 8.92. The van der Waals surface area contributed by atoms with Crippen molar-refractivity contribution >= 4 is 5.82 Å². The van der Waals surface area contributed by atoms with E-state index in [1.165, 1.54) is 0 Å². The smallest absolute Gasteiger partial charge is 0.253 e. The Balaban J connectivity index is 1.87. The van der Waals surface area contributed by atoms with E-state index >= 15 is 0 Å². The zero-order valence-electron chi connectivity index (χ0n) is 15.8. The van der Waals surface area contributed by atoms with Crippen LogP contribution in [0.2, 0.25) is 0 Å². The van der Waals surface area contributed by atoms with Crippen LogP contribution < -0.4 is 5.32 Å². The molecule has 0 aromatic carbocycles.